The van der Waals surface area contributed by atoms with E-state index >= 15 is 0 Å². The predicted molar refractivity (Wildman–Crippen MR) is 82.9 cm³/mol. The Hall–Kier alpha value is 0.310. The molecule has 0 aromatic heterocycles. The summed E-state index contributed by atoms with van der Waals surface area (Å²) in [6, 6.07) is 0. The molecule has 0 aliphatic rings. The van der Waals surface area contributed by atoms with Gasteiger partial charge in [-0.05, 0) is 56.5 Å². The van der Waals surface area contributed by atoms with Gasteiger partial charge < -0.3 is 5.32 Å². The van der Waals surface area contributed by atoms with Crippen LogP contribution in [0, 0.1) is 11.3 Å². The van der Waals surface area contributed by atoms with Crippen molar-refractivity contribution in [3.8, 4) is 0 Å². The van der Waals surface area contributed by atoms with Gasteiger partial charge in [0, 0.05) is 12.1 Å². The normalized spacial score (nSPS) is 16.2. The third-order valence-electron chi connectivity index (χ3n) is 3.66. The topological polar surface area (TPSA) is 12.0 Å². The molecule has 0 fully saturated rings. The van der Waals surface area contributed by atoms with Crippen molar-refractivity contribution in [3.05, 3.63) is 0 Å². The first kappa shape index (κ1) is 17.3. The third-order valence-corrected chi connectivity index (χ3v) is 4.64. The van der Waals surface area contributed by atoms with E-state index in [-0.39, 0.29) is 5.54 Å². The summed E-state index contributed by atoms with van der Waals surface area (Å²) in [6.07, 6.45) is 2.68. The molecule has 0 aliphatic heterocycles. The zero-order valence-electron chi connectivity index (χ0n) is 13.0. The molecule has 1 N–H and O–H groups in total. The van der Waals surface area contributed by atoms with Gasteiger partial charge in [-0.15, -0.1) is 0 Å². The lowest BCUT2D eigenvalue weighted by Gasteiger charge is -2.37. The van der Waals surface area contributed by atoms with Crippen LogP contribution in [0.5, 0.6) is 0 Å². The molecule has 1 atom stereocenters. The molecule has 0 heterocycles. The van der Waals surface area contributed by atoms with Crippen LogP contribution in [0.3, 0.4) is 0 Å². The van der Waals surface area contributed by atoms with E-state index in [4.69, 9.17) is 0 Å². The number of hydrogen-bond donors (Lipinski definition) is 1. The van der Waals surface area contributed by atoms with Crippen LogP contribution < -0.4 is 5.32 Å². The Morgan fingerprint density at radius 3 is 2.12 bits per heavy atom. The first-order valence-electron chi connectivity index (χ1n) is 7.04. The van der Waals surface area contributed by atoms with E-state index in [1.807, 2.05) is 0 Å². The van der Waals surface area contributed by atoms with Gasteiger partial charge in [-0.2, -0.15) is 11.8 Å². The highest BCUT2D eigenvalue weighted by Crippen LogP contribution is 2.32. The van der Waals surface area contributed by atoms with Crippen molar-refractivity contribution >= 4 is 11.8 Å². The highest BCUT2D eigenvalue weighted by atomic mass is 32.2. The van der Waals surface area contributed by atoms with Crippen LogP contribution in [0.15, 0.2) is 0 Å². The smallest absolute Gasteiger partial charge is 0.00967 e. The molecule has 0 saturated carbocycles. The first-order chi connectivity index (χ1) is 7.71. The molecule has 0 aromatic rings. The van der Waals surface area contributed by atoms with Gasteiger partial charge in [0.15, 0.2) is 0 Å². The fourth-order valence-electron chi connectivity index (χ4n) is 1.77. The molecule has 17 heavy (non-hydrogen) atoms. The quantitative estimate of drug-likeness (QED) is 0.641. The lowest BCUT2D eigenvalue weighted by Crippen LogP contribution is -2.44. The number of thioether (sulfide) groups is 1. The molecule has 2 heteroatoms. The van der Waals surface area contributed by atoms with Crippen LogP contribution in [0.4, 0.5) is 0 Å². The molecule has 0 aliphatic carbocycles. The van der Waals surface area contributed by atoms with E-state index in [2.05, 4.69) is 65.5 Å². The summed E-state index contributed by atoms with van der Waals surface area (Å²) in [5.41, 5.74) is 0.663. The molecular weight excluding hydrogens is 226 g/mol. The Balaban J connectivity index is 4.17. The number of rotatable bonds is 8. The summed E-state index contributed by atoms with van der Waals surface area (Å²) >= 11 is 2.06. The van der Waals surface area contributed by atoms with Crippen molar-refractivity contribution in [2.45, 2.75) is 66.8 Å². The minimum absolute atomic E-state index is 0.230. The Labute approximate surface area is 114 Å². The molecule has 1 nitrogen and oxygen atoms in total. The van der Waals surface area contributed by atoms with E-state index in [1.54, 1.807) is 0 Å². The van der Waals surface area contributed by atoms with Gasteiger partial charge in [-0.1, -0.05) is 27.7 Å². The number of hydrogen-bond acceptors (Lipinski definition) is 2. The van der Waals surface area contributed by atoms with E-state index < -0.39 is 0 Å². The molecule has 0 spiro atoms. The van der Waals surface area contributed by atoms with Crippen LogP contribution in [0.25, 0.3) is 0 Å². The monoisotopic (exact) mass is 259 g/mol. The van der Waals surface area contributed by atoms with E-state index in [0.717, 1.165) is 12.5 Å². The van der Waals surface area contributed by atoms with Gasteiger partial charge in [0.05, 0.1) is 0 Å². The van der Waals surface area contributed by atoms with Crippen LogP contribution in [-0.4, -0.2) is 23.6 Å². The molecule has 0 bridgehead atoms. The molecule has 1 unspecified atom stereocenters. The second-order valence-corrected chi connectivity index (χ2v) is 8.11. The average Bonchev–Trinajstić information content (AvgIpc) is 2.20. The second kappa shape index (κ2) is 7.68. The molecule has 0 aromatic carbocycles. The van der Waals surface area contributed by atoms with Gasteiger partial charge in [-0.3, -0.25) is 0 Å². The summed E-state index contributed by atoms with van der Waals surface area (Å²) < 4.78 is 0. The lowest BCUT2D eigenvalue weighted by molar-refractivity contribution is 0.173. The van der Waals surface area contributed by atoms with Crippen molar-refractivity contribution in [2.24, 2.45) is 11.3 Å². The van der Waals surface area contributed by atoms with Crippen LogP contribution >= 0.6 is 11.8 Å². The van der Waals surface area contributed by atoms with E-state index in [0.29, 0.717) is 5.41 Å². The SMILES string of the molecule is CCSCCCC(C)(CNC(C)(C)C)C(C)C. The van der Waals surface area contributed by atoms with Crippen molar-refractivity contribution in [1.82, 2.24) is 5.32 Å². The number of nitrogens with one attached hydrogen (secondary N) is 1. The van der Waals surface area contributed by atoms with E-state index in [9.17, 15) is 0 Å². The van der Waals surface area contributed by atoms with Gasteiger partial charge >= 0.3 is 0 Å². The highest BCUT2D eigenvalue weighted by molar-refractivity contribution is 7.99. The second-order valence-electron chi connectivity index (χ2n) is 6.71. The molecule has 0 amide bonds. The lowest BCUT2D eigenvalue weighted by atomic mass is 9.75. The maximum absolute atomic E-state index is 3.68. The standard InChI is InChI=1S/C15H33NS/c1-8-17-11-9-10-15(7,13(2)3)12-16-14(4,5)6/h13,16H,8-12H2,1-7H3. The maximum Gasteiger partial charge on any atom is 0.00967 e. The fourth-order valence-corrected chi connectivity index (χ4v) is 2.41. The average molecular weight is 260 g/mol. The largest absolute Gasteiger partial charge is 0.312 e. The van der Waals surface area contributed by atoms with Crippen LogP contribution in [0.2, 0.25) is 0 Å². The van der Waals surface area contributed by atoms with Gasteiger partial charge in [0.1, 0.15) is 0 Å². The molecule has 0 radical (unpaired) electrons. The highest BCUT2D eigenvalue weighted by Gasteiger charge is 2.28. The van der Waals surface area contributed by atoms with Crippen LogP contribution in [0.1, 0.15) is 61.3 Å². The van der Waals surface area contributed by atoms with Crippen molar-refractivity contribution in [1.29, 1.82) is 0 Å². The van der Waals surface area contributed by atoms with Crippen molar-refractivity contribution < 1.29 is 0 Å². The fraction of sp³-hybridized carbons (Fsp3) is 1.00. The van der Waals surface area contributed by atoms with Crippen molar-refractivity contribution in [2.75, 3.05) is 18.1 Å². The van der Waals surface area contributed by atoms with Gasteiger partial charge in [0.25, 0.3) is 0 Å². The molecule has 104 valence electrons. The minimum Gasteiger partial charge on any atom is -0.312 e. The van der Waals surface area contributed by atoms with Crippen molar-refractivity contribution in [3.63, 3.8) is 0 Å². The molecule has 0 saturated heterocycles. The van der Waals surface area contributed by atoms with Gasteiger partial charge in [0.2, 0.25) is 0 Å². The summed E-state index contributed by atoms with van der Waals surface area (Å²) in [5.74, 6) is 3.30. The molecular formula is C15H33NS. The van der Waals surface area contributed by atoms with Crippen LogP contribution in [-0.2, 0) is 0 Å². The summed E-state index contributed by atoms with van der Waals surface area (Å²) in [7, 11) is 0. The molecule has 0 rings (SSSR count). The minimum atomic E-state index is 0.230. The van der Waals surface area contributed by atoms with Gasteiger partial charge in [-0.25, -0.2) is 0 Å². The zero-order valence-corrected chi connectivity index (χ0v) is 13.8. The first-order valence-corrected chi connectivity index (χ1v) is 8.19. The Morgan fingerprint density at radius 1 is 1.12 bits per heavy atom. The summed E-state index contributed by atoms with van der Waals surface area (Å²) in [6.45, 7) is 17.3. The van der Waals surface area contributed by atoms with E-state index in [1.165, 1.54) is 24.3 Å². The third kappa shape index (κ3) is 8.10. The summed E-state index contributed by atoms with van der Waals surface area (Å²) in [5, 5.41) is 3.68. The Morgan fingerprint density at radius 2 is 1.71 bits per heavy atom. The zero-order chi connectivity index (χ0) is 13.5. The maximum atomic E-state index is 3.68. The summed E-state index contributed by atoms with van der Waals surface area (Å²) in [4.78, 5) is 0. The predicted octanol–water partition coefficient (Wildman–Crippen LogP) is 4.57. The Bertz CT molecular complexity index is 196. The Kier molecular flexibility index (Phi) is 7.82.